The summed E-state index contributed by atoms with van der Waals surface area (Å²) < 4.78 is 11.9. The van der Waals surface area contributed by atoms with Crippen molar-refractivity contribution in [3.8, 4) is 0 Å². The minimum atomic E-state index is -0.421. The Morgan fingerprint density at radius 2 is 0.793 bits per heavy atom. The van der Waals surface area contributed by atoms with Gasteiger partial charge < -0.3 is 19.7 Å². The lowest BCUT2D eigenvalue weighted by atomic mass is 10.0. The molecule has 0 fully saturated rings. The first kappa shape index (κ1) is 53.6. The Morgan fingerprint density at radius 1 is 0.448 bits per heavy atom. The number of unbranched alkanes of at least 4 members (excludes halogenated alkanes) is 23. The number of carbonyl (C=O) groups is 2. The number of nitrogens with zero attached hydrogens (tertiary/aromatic N) is 1. The van der Waals surface area contributed by atoms with Crippen LogP contribution in [0.1, 0.15) is 252 Å². The predicted molar refractivity (Wildman–Crippen MR) is 247 cm³/mol. The highest BCUT2D eigenvalue weighted by atomic mass is 16.5. The molecule has 0 radical (unpaired) electrons. The molecule has 0 amide bonds. The van der Waals surface area contributed by atoms with Crippen LogP contribution in [-0.4, -0.2) is 44.3 Å². The fourth-order valence-electron chi connectivity index (χ4n) is 8.25. The standard InChI is InChI=1S/C50H92N2O6/c1-6-10-13-16-21-28-36-43(35-9-4)57-45(53)39-31-24-19-26-33-41-52(48-47(51-5)49(55)50(48)56)42-34-27-20-25-32-40-46(54)58-44(37-29-22-17-14-11-7-2)38-30-23-18-15-12-8-3/h43-44,51H,6-42H2,1-5H3. The number of rotatable bonds is 43. The zero-order chi connectivity index (χ0) is 42.5. The molecule has 0 saturated heterocycles. The molecule has 1 aromatic rings. The number of ether oxygens (including phenoxy) is 2. The summed E-state index contributed by atoms with van der Waals surface area (Å²) in [5.74, 6) is -0.0892. The van der Waals surface area contributed by atoms with Gasteiger partial charge in [-0.25, -0.2) is 0 Å². The summed E-state index contributed by atoms with van der Waals surface area (Å²) in [6.07, 6.45) is 38.3. The highest BCUT2D eigenvalue weighted by Gasteiger charge is 2.25. The highest BCUT2D eigenvalue weighted by molar-refractivity contribution is 5.75. The van der Waals surface area contributed by atoms with Crippen molar-refractivity contribution in [1.82, 2.24) is 0 Å². The minimum absolute atomic E-state index is 0.0350. The molecule has 0 bridgehead atoms. The normalized spacial score (nSPS) is 12.0. The molecule has 0 aliphatic rings. The van der Waals surface area contributed by atoms with Crippen molar-refractivity contribution >= 4 is 23.3 Å². The van der Waals surface area contributed by atoms with Crippen LogP contribution in [-0.2, 0) is 19.1 Å². The summed E-state index contributed by atoms with van der Waals surface area (Å²) in [4.78, 5) is 52.3. The molecule has 338 valence electrons. The largest absolute Gasteiger partial charge is 0.462 e. The van der Waals surface area contributed by atoms with Crippen LogP contribution in [0.15, 0.2) is 9.59 Å². The Morgan fingerprint density at radius 3 is 1.17 bits per heavy atom. The monoisotopic (exact) mass is 817 g/mol. The second-order valence-corrected chi connectivity index (χ2v) is 17.3. The molecule has 0 heterocycles. The smallest absolute Gasteiger partial charge is 0.306 e. The van der Waals surface area contributed by atoms with Gasteiger partial charge in [0.05, 0.1) is 0 Å². The summed E-state index contributed by atoms with van der Waals surface area (Å²) in [5.41, 5.74) is 0.171. The Hall–Kier alpha value is -2.38. The van der Waals surface area contributed by atoms with Gasteiger partial charge >= 0.3 is 11.9 Å². The van der Waals surface area contributed by atoms with E-state index in [-0.39, 0.29) is 29.6 Å². The van der Waals surface area contributed by atoms with Crippen molar-refractivity contribution in [3.63, 3.8) is 0 Å². The third-order valence-electron chi connectivity index (χ3n) is 11.9. The Labute approximate surface area is 356 Å². The number of nitrogens with one attached hydrogen (secondary N) is 1. The van der Waals surface area contributed by atoms with Gasteiger partial charge in [0.1, 0.15) is 23.6 Å². The van der Waals surface area contributed by atoms with Gasteiger partial charge in [-0.1, -0.05) is 169 Å². The first-order valence-corrected chi connectivity index (χ1v) is 25.0. The van der Waals surface area contributed by atoms with Gasteiger partial charge in [-0.05, 0) is 70.6 Å². The molecule has 8 nitrogen and oxygen atoms in total. The summed E-state index contributed by atoms with van der Waals surface area (Å²) in [5, 5.41) is 2.95. The molecule has 0 aromatic heterocycles. The van der Waals surface area contributed by atoms with Gasteiger partial charge in [-0.2, -0.15) is 0 Å². The van der Waals surface area contributed by atoms with Crippen LogP contribution in [0, 0.1) is 0 Å². The molecular formula is C50H92N2O6. The predicted octanol–water partition coefficient (Wildman–Crippen LogP) is 13.7. The first-order chi connectivity index (χ1) is 28.3. The molecule has 0 spiro atoms. The van der Waals surface area contributed by atoms with Crippen molar-refractivity contribution in [2.24, 2.45) is 0 Å². The second kappa shape index (κ2) is 37.6. The Bertz CT molecular complexity index is 1180. The lowest BCUT2D eigenvalue weighted by Gasteiger charge is -2.27. The van der Waals surface area contributed by atoms with Crippen molar-refractivity contribution in [1.29, 1.82) is 0 Å². The SMILES string of the molecule is CCCCCCCCC(CCC)OC(=O)CCCCCCCN(CCCCCCCC(=O)OC(CCCCCCCC)CCCCCCCC)c1c(NC)c(=O)c1=O. The molecule has 1 aromatic carbocycles. The zero-order valence-corrected chi connectivity index (χ0v) is 38.7. The fourth-order valence-corrected chi connectivity index (χ4v) is 8.25. The maximum Gasteiger partial charge on any atom is 0.306 e. The molecule has 1 atom stereocenters. The third kappa shape index (κ3) is 26.7. The number of hydrogen-bond donors (Lipinski definition) is 1. The second-order valence-electron chi connectivity index (χ2n) is 17.3. The molecular weight excluding hydrogens is 725 g/mol. The number of hydrogen-bond acceptors (Lipinski definition) is 8. The number of anilines is 2. The molecule has 0 aliphatic heterocycles. The Balaban J connectivity index is 2.39. The topological polar surface area (TPSA) is 102 Å². The van der Waals surface area contributed by atoms with Gasteiger partial charge in [0.15, 0.2) is 0 Å². The average molecular weight is 817 g/mol. The van der Waals surface area contributed by atoms with Crippen molar-refractivity contribution < 1.29 is 19.1 Å². The van der Waals surface area contributed by atoms with E-state index in [9.17, 15) is 19.2 Å². The van der Waals surface area contributed by atoms with Gasteiger partial charge in [0, 0.05) is 33.0 Å². The molecule has 8 heteroatoms. The lowest BCUT2D eigenvalue weighted by molar-refractivity contribution is -0.151. The summed E-state index contributed by atoms with van der Waals surface area (Å²) in [6.45, 7) is 10.4. The Kier molecular flexibility index (Phi) is 34.8. The number of esters is 2. The molecule has 1 N–H and O–H groups in total. The zero-order valence-electron chi connectivity index (χ0n) is 38.7. The van der Waals surface area contributed by atoms with E-state index in [0.29, 0.717) is 24.2 Å². The van der Waals surface area contributed by atoms with E-state index in [0.717, 1.165) is 129 Å². The van der Waals surface area contributed by atoms with Crippen LogP contribution < -0.4 is 21.1 Å². The van der Waals surface area contributed by atoms with Crippen LogP contribution in [0.25, 0.3) is 0 Å². The van der Waals surface area contributed by atoms with Gasteiger partial charge in [-0.15, -0.1) is 0 Å². The fraction of sp³-hybridized carbons (Fsp3) is 0.880. The average Bonchev–Trinajstić information content (AvgIpc) is 3.21. The third-order valence-corrected chi connectivity index (χ3v) is 11.9. The lowest BCUT2D eigenvalue weighted by Crippen LogP contribution is -2.43. The van der Waals surface area contributed by atoms with E-state index in [2.05, 4.69) is 37.9 Å². The van der Waals surface area contributed by atoms with Crippen LogP contribution in [0.3, 0.4) is 0 Å². The van der Waals surface area contributed by atoms with Crippen molar-refractivity contribution in [2.45, 2.75) is 265 Å². The molecule has 0 aliphatic carbocycles. The first-order valence-electron chi connectivity index (χ1n) is 25.0. The highest BCUT2D eigenvalue weighted by Crippen LogP contribution is 2.23. The van der Waals surface area contributed by atoms with E-state index < -0.39 is 5.43 Å². The molecule has 58 heavy (non-hydrogen) atoms. The number of carbonyl (C=O) groups excluding carboxylic acids is 2. The molecule has 1 rings (SSSR count). The minimum Gasteiger partial charge on any atom is -0.462 e. The van der Waals surface area contributed by atoms with Crippen LogP contribution in [0.2, 0.25) is 0 Å². The van der Waals surface area contributed by atoms with Crippen LogP contribution in [0.4, 0.5) is 11.4 Å². The molecule has 1 unspecified atom stereocenters. The quantitative estimate of drug-likeness (QED) is 0.0395. The van der Waals surface area contributed by atoms with Gasteiger partial charge in [0.2, 0.25) is 0 Å². The van der Waals surface area contributed by atoms with E-state index in [1.54, 1.807) is 7.05 Å². The van der Waals surface area contributed by atoms with Crippen LogP contribution in [0.5, 0.6) is 0 Å². The van der Waals surface area contributed by atoms with Gasteiger partial charge in [-0.3, -0.25) is 19.2 Å². The summed E-state index contributed by atoms with van der Waals surface area (Å²) in [6, 6.07) is 0. The van der Waals surface area contributed by atoms with E-state index >= 15 is 0 Å². The van der Waals surface area contributed by atoms with Crippen molar-refractivity contribution in [3.05, 3.63) is 20.4 Å². The van der Waals surface area contributed by atoms with Gasteiger partial charge in [0.25, 0.3) is 10.9 Å². The van der Waals surface area contributed by atoms with Crippen LogP contribution >= 0.6 is 0 Å². The molecule has 0 saturated carbocycles. The van der Waals surface area contributed by atoms with E-state index in [1.807, 2.05) is 0 Å². The van der Waals surface area contributed by atoms with Crippen molar-refractivity contribution in [2.75, 3.05) is 30.4 Å². The van der Waals surface area contributed by atoms with E-state index in [4.69, 9.17) is 9.47 Å². The van der Waals surface area contributed by atoms with E-state index in [1.165, 1.54) is 96.3 Å². The maximum absolute atomic E-state index is 12.8. The summed E-state index contributed by atoms with van der Waals surface area (Å²) >= 11 is 0. The summed E-state index contributed by atoms with van der Waals surface area (Å²) in [7, 11) is 1.71. The maximum atomic E-state index is 12.8.